The van der Waals surface area contributed by atoms with E-state index in [1.165, 1.54) is 21.0 Å². The lowest BCUT2D eigenvalue weighted by Crippen LogP contribution is -1.77. The van der Waals surface area contributed by atoms with Gasteiger partial charge in [-0.15, -0.1) is 11.3 Å². The van der Waals surface area contributed by atoms with Crippen LogP contribution in [0.25, 0.3) is 21.0 Å². The first-order chi connectivity index (χ1) is 7.24. The van der Waals surface area contributed by atoms with Gasteiger partial charge in [-0.2, -0.15) is 0 Å². The van der Waals surface area contributed by atoms with Crippen molar-refractivity contribution in [3.05, 3.63) is 40.9 Å². The van der Waals surface area contributed by atoms with Crippen LogP contribution >= 0.6 is 11.3 Å². The minimum absolute atomic E-state index is 1.14. The summed E-state index contributed by atoms with van der Waals surface area (Å²) < 4.78 is 1.28. The highest BCUT2D eigenvalue weighted by atomic mass is 32.1. The Bertz CT molecular complexity index is 652. The third-order valence-electron chi connectivity index (χ3n) is 2.64. The fourth-order valence-electron chi connectivity index (χ4n) is 1.95. The van der Waals surface area contributed by atoms with E-state index in [-0.39, 0.29) is 0 Å². The lowest BCUT2D eigenvalue weighted by molar-refractivity contribution is 1.35. The van der Waals surface area contributed by atoms with Gasteiger partial charge in [-0.3, -0.25) is 0 Å². The van der Waals surface area contributed by atoms with Crippen LogP contribution in [0, 0.1) is 13.8 Å². The lowest BCUT2D eigenvalue weighted by atomic mass is 10.1. The van der Waals surface area contributed by atoms with E-state index in [2.05, 4.69) is 49.2 Å². The minimum atomic E-state index is 1.14. The van der Waals surface area contributed by atoms with Gasteiger partial charge in [-0.1, -0.05) is 29.8 Å². The van der Waals surface area contributed by atoms with Crippen LogP contribution in [-0.4, -0.2) is 4.98 Å². The number of nitrogens with zero attached hydrogens (tertiary/aromatic N) is 1. The summed E-state index contributed by atoms with van der Waals surface area (Å²) in [5.41, 5.74) is 2.45. The summed E-state index contributed by atoms with van der Waals surface area (Å²) in [6.07, 6.45) is 0. The average molecular weight is 213 g/mol. The summed E-state index contributed by atoms with van der Waals surface area (Å²) in [6, 6.07) is 10.9. The van der Waals surface area contributed by atoms with Crippen LogP contribution in [0.4, 0.5) is 0 Å². The SMILES string of the molecule is Cc1ccc2c(ccc3sc(C)nc32)c1. The maximum atomic E-state index is 4.59. The second kappa shape index (κ2) is 3.04. The molecule has 0 aliphatic heterocycles. The van der Waals surface area contributed by atoms with Gasteiger partial charge in [0.2, 0.25) is 0 Å². The maximum absolute atomic E-state index is 4.59. The molecule has 0 atom stereocenters. The Balaban J connectivity index is 2.53. The number of rotatable bonds is 0. The highest BCUT2D eigenvalue weighted by Gasteiger charge is 2.04. The molecule has 3 rings (SSSR count). The average Bonchev–Trinajstić information content (AvgIpc) is 2.58. The monoisotopic (exact) mass is 213 g/mol. The first-order valence-electron chi connectivity index (χ1n) is 5.00. The van der Waals surface area contributed by atoms with E-state index in [1.807, 2.05) is 0 Å². The highest BCUT2D eigenvalue weighted by molar-refractivity contribution is 7.18. The molecule has 0 spiro atoms. The van der Waals surface area contributed by atoms with Crippen LogP contribution in [0.15, 0.2) is 30.3 Å². The normalized spacial score (nSPS) is 11.3. The molecule has 0 fully saturated rings. The van der Waals surface area contributed by atoms with Crippen molar-refractivity contribution in [2.24, 2.45) is 0 Å². The van der Waals surface area contributed by atoms with Crippen LogP contribution in [-0.2, 0) is 0 Å². The van der Waals surface area contributed by atoms with Crippen molar-refractivity contribution in [2.45, 2.75) is 13.8 Å². The van der Waals surface area contributed by atoms with Gasteiger partial charge in [-0.05, 0) is 25.3 Å². The largest absolute Gasteiger partial charge is 0.241 e. The number of fused-ring (bicyclic) bond motifs is 3. The predicted molar refractivity (Wildman–Crippen MR) is 66.6 cm³/mol. The van der Waals surface area contributed by atoms with Gasteiger partial charge < -0.3 is 0 Å². The summed E-state index contributed by atoms with van der Waals surface area (Å²) in [4.78, 5) is 4.59. The van der Waals surface area contributed by atoms with E-state index >= 15 is 0 Å². The zero-order chi connectivity index (χ0) is 10.4. The van der Waals surface area contributed by atoms with Gasteiger partial charge in [0.25, 0.3) is 0 Å². The van der Waals surface area contributed by atoms with Crippen molar-refractivity contribution in [1.82, 2.24) is 4.98 Å². The van der Waals surface area contributed by atoms with Crippen molar-refractivity contribution >= 4 is 32.3 Å². The number of aromatic nitrogens is 1. The molecule has 0 bridgehead atoms. The molecule has 3 aromatic rings. The molecule has 74 valence electrons. The zero-order valence-electron chi connectivity index (χ0n) is 8.74. The maximum Gasteiger partial charge on any atom is 0.0908 e. The topological polar surface area (TPSA) is 12.9 Å². The highest BCUT2D eigenvalue weighted by Crippen LogP contribution is 2.29. The zero-order valence-corrected chi connectivity index (χ0v) is 9.56. The fourth-order valence-corrected chi connectivity index (χ4v) is 2.79. The quantitative estimate of drug-likeness (QED) is 0.548. The number of aryl methyl sites for hydroxylation is 2. The van der Waals surface area contributed by atoms with E-state index in [0.717, 1.165) is 10.5 Å². The lowest BCUT2D eigenvalue weighted by Gasteiger charge is -1.99. The standard InChI is InChI=1S/C13H11NS/c1-8-3-5-11-10(7-8)4-6-12-13(11)14-9(2)15-12/h3-7H,1-2H3. The van der Waals surface area contributed by atoms with E-state index in [1.54, 1.807) is 11.3 Å². The van der Waals surface area contributed by atoms with Crippen molar-refractivity contribution in [1.29, 1.82) is 0 Å². The summed E-state index contributed by atoms with van der Waals surface area (Å²) in [7, 11) is 0. The molecular weight excluding hydrogens is 202 g/mol. The van der Waals surface area contributed by atoms with Gasteiger partial charge in [0.1, 0.15) is 0 Å². The molecule has 2 heteroatoms. The Hall–Kier alpha value is -1.41. The van der Waals surface area contributed by atoms with Crippen molar-refractivity contribution < 1.29 is 0 Å². The number of benzene rings is 2. The first kappa shape index (κ1) is 8.86. The molecule has 1 nitrogen and oxygen atoms in total. The molecule has 0 amide bonds. The number of thiazole rings is 1. The summed E-state index contributed by atoms with van der Waals surface area (Å²) >= 11 is 1.76. The van der Waals surface area contributed by atoms with Gasteiger partial charge in [0.15, 0.2) is 0 Å². The van der Waals surface area contributed by atoms with Gasteiger partial charge in [0, 0.05) is 5.39 Å². The molecule has 1 heterocycles. The molecule has 0 aliphatic carbocycles. The molecule has 1 aromatic heterocycles. The second-order valence-electron chi connectivity index (χ2n) is 3.87. The third-order valence-corrected chi connectivity index (χ3v) is 3.57. The Kier molecular flexibility index (Phi) is 1.80. The Labute approximate surface area is 92.4 Å². The fraction of sp³-hybridized carbons (Fsp3) is 0.154. The van der Waals surface area contributed by atoms with Gasteiger partial charge >= 0.3 is 0 Å². The Morgan fingerprint density at radius 3 is 2.80 bits per heavy atom. The molecular formula is C13H11NS. The van der Waals surface area contributed by atoms with Crippen molar-refractivity contribution in [3.8, 4) is 0 Å². The van der Waals surface area contributed by atoms with Crippen LogP contribution in [0.3, 0.4) is 0 Å². The van der Waals surface area contributed by atoms with E-state index in [0.29, 0.717) is 0 Å². The molecule has 0 unspecified atom stereocenters. The minimum Gasteiger partial charge on any atom is -0.241 e. The second-order valence-corrected chi connectivity index (χ2v) is 5.10. The smallest absolute Gasteiger partial charge is 0.0908 e. The van der Waals surface area contributed by atoms with Crippen LogP contribution in [0.2, 0.25) is 0 Å². The number of hydrogen-bond acceptors (Lipinski definition) is 2. The molecule has 15 heavy (non-hydrogen) atoms. The summed E-state index contributed by atoms with van der Waals surface area (Å²) in [6.45, 7) is 4.18. The van der Waals surface area contributed by atoms with E-state index in [9.17, 15) is 0 Å². The van der Waals surface area contributed by atoms with Crippen LogP contribution < -0.4 is 0 Å². The van der Waals surface area contributed by atoms with E-state index in [4.69, 9.17) is 0 Å². The van der Waals surface area contributed by atoms with Crippen LogP contribution in [0.1, 0.15) is 10.6 Å². The summed E-state index contributed by atoms with van der Waals surface area (Å²) in [5.74, 6) is 0. The third kappa shape index (κ3) is 1.33. The molecule has 0 N–H and O–H groups in total. The molecule has 2 aromatic carbocycles. The van der Waals surface area contributed by atoms with Gasteiger partial charge in [-0.25, -0.2) is 4.98 Å². The van der Waals surface area contributed by atoms with Gasteiger partial charge in [0.05, 0.1) is 15.2 Å². The Morgan fingerprint density at radius 2 is 1.93 bits per heavy atom. The van der Waals surface area contributed by atoms with Crippen molar-refractivity contribution in [3.63, 3.8) is 0 Å². The number of hydrogen-bond donors (Lipinski definition) is 0. The Morgan fingerprint density at radius 1 is 1.07 bits per heavy atom. The predicted octanol–water partition coefficient (Wildman–Crippen LogP) is 4.07. The van der Waals surface area contributed by atoms with E-state index < -0.39 is 0 Å². The molecule has 0 radical (unpaired) electrons. The molecule has 0 saturated heterocycles. The summed E-state index contributed by atoms with van der Waals surface area (Å²) in [5, 5.41) is 3.69. The van der Waals surface area contributed by atoms with Crippen LogP contribution in [0.5, 0.6) is 0 Å². The first-order valence-corrected chi connectivity index (χ1v) is 5.82. The molecule has 0 saturated carbocycles. The van der Waals surface area contributed by atoms with Crippen molar-refractivity contribution in [2.75, 3.05) is 0 Å². The molecule has 0 aliphatic rings.